The lowest BCUT2D eigenvalue weighted by molar-refractivity contribution is -0.385. The molecule has 21 heavy (non-hydrogen) atoms. The smallest absolute Gasteiger partial charge is 0.285 e. The highest BCUT2D eigenvalue weighted by Gasteiger charge is 2.22. The van der Waals surface area contributed by atoms with Crippen LogP contribution < -0.4 is 11.1 Å². The Bertz CT molecular complexity index is 675. The number of aromatic nitrogens is 1. The second kappa shape index (κ2) is 6.27. The van der Waals surface area contributed by atoms with Crippen molar-refractivity contribution >= 4 is 28.6 Å². The second-order valence-electron chi connectivity index (χ2n) is 4.13. The SMILES string of the molecule is Nc1cc(C(=O)NCCc2cscn2)c([N+](=O)[O-])cc1F. The molecule has 0 atom stereocenters. The summed E-state index contributed by atoms with van der Waals surface area (Å²) in [6.07, 6.45) is 0.500. The molecule has 2 rings (SSSR count). The number of nitrogen functional groups attached to an aromatic ring is 1. The van der Waals surface area contributed by atoms with Gasteiger partial charge >= 0.3 is 0 Å². The van der Waals surface area contributed by atoms with Crippen molar-refractivity contribution in [3.63, 3.8) is 0 Å². The predicted octanol–water partition coefficient (Wildman–Crippen LogP) is 1.75. The largest absolute Gasteiger partial charge is 0.396 e. The first kappa shape index (κ1) is 14.9. The van der Waals surface area contributed by atoms with Crippen molar-refractivity contribution < 1.29 is 14.1 Å². The van der Waals surface area contributed by atoms with Crippen LogP contribution in [0.5, 0.6) is 0 Å². The molecular weight excluding hydrogens is 299 g/mol. The zero-order valence-corrected chi connectivity index (χ0v) is 11.5. The summed E-state index contributed by atoms with van der Waals surface area (Å²) in [5.41, 5.74) is 6.63. The number of nitrogens with two attached hydrogens (primary N) is 1. The minimum absolute atomic E-state index is 0.261. The van der Waals surface area contributed by atoms with Crippen LogP contribution in [-0.4, -0.2) is 22.4 Å². The minimum Gasteiger partial charge on any atom is -0.396 e. The molecule has 0 saturated heterocycles. The molecule has 0 fully saturated rings. The van der Waals surface area contributed by atoms with E-state index >= 15 is 0 Å². The van der Waals surface area contributed by atoms with Crippen LogP contribution in [0.15, 0.2) is 23.0 Å². The molecule has 9 heteroatoms. The first-order valence-corrected chi connectivity index (χ1v) is 6.82. The van der Waals surface area contributed by atoms with E-state index in [-0.39, 0.29) is 17.8 Å². The molecule has 0 spiro atoms. The monoisotopic (exact) mass is 310 g/mol. The predicted molar refractivity (Wildman–Crippen MR) is 75.6 cm³/mol. The van der Waals surface area contributed by atoms with Gasteiger partial charge in [-0.25, -0.2) is 9.37 Å². The normalized spacial score (nSPS) is 10.3. The van der Waals surface area contributed by atoms with Gasteiger partial charge in [-0.2, -0.15) is 0 Å². The number of thiazole rings is 1. The molecule has 3 N–H and O–H groups in total. The summed E-state index contributed by atoms with van der Waals surface area (Å²) < 4.78 is 13.3. The third-order valence-corrected chi connectivity index (χ3v) is 3.34. The van der Waals surface area contributed by atoms with E-state index in [0.29, 0.717) is 12.5 Å². The number of carbonyl (C=O) groups is 1. The van der Waals surface area contributed by atoms with E-state index in [1.807, 2.05) is 5.38 Å². The molecule has 1 aromatic carbocycles. The van der Waals surface area contributed by atoms with Crippen molar-refractivity contribution in [3.05, 3.63) is 50.2 Å². The van der Waals surface area contributed by atoms with Gasteiger partial charge in [-0.15, -0.1) is 11.3 Å². The van der Waals surface area contributed by atoms with Crippen LogP contribution in [-0.2, 0) is 6.42 Å². The van der Waals surface area contributed by atoms with Crippen LogP contribution in [0.25, 0.3) is 0 Å². The molecule has 0 aliphatic heterocycles. The number of nitro benzene ring substituents is 1. The van der Waals surface area contributed by atoms with Crippen molar-refractivity contribution in [1.82, 2.24) is 10.3 Å². The molecule has 0 aliphatic carbocycles. The van der Waals surface area contributed by atoms with E-state index in [1.165, 1.54) is 11.3 Å². The fourth-order valence-electron chi connectivity index (χ4n) is 1.67. The maximum Gasteiger partial charge on any atom is 0.285 e. The Hall–Kier alpha value is -2.55. The van der Waals surface area contributed by atoms with Gasteiger partial charge in [0.05, 0.1) is 27.9 Å². The lowest BCUT2D eigenvalue weighted by Crippen LogP contribution is -2.26. The molecule has 0 radical (unpaired) electrons. The van der Waals surface area contributed by atoms with E-state index < -0.39 is 22.3 Å². The van der Waals surface area contributed by atoms with E-state index in [0.717, 1.165) is 11.8 Å². The fourth-order valence-corrected chi connectivity index (χ4v) is 2.27. The Morgan fingerprint density at radius 1 is 1.52 bits per heavy atom. The standard InChI is InChI=1S/C12H11FN4O3S/c13-9-4-11(17(19)20)8(3-10(9)14)12(18)15-2-1-7-5-21-6-16-7/h3-6H,1-2,14H2,(H,15,18). The first-order chi connectivity index (χ1) is 9.99. The molecular formula is C12H11FN4O3S. The van der Waals surface area contributed by atoms with Gasteiger partial charge in [0, 0.05) is 18.3 Å². The van der Waals surface area contributed by atoms with E-state index in [4.69, 9.17) is 5.73 Å². The minimum atomic E-state index is -0.930. The Kier molecular flexibility index (Phi) is 4.43. The quantitative estimate of drug-likeness (QED) is 0.496. The highest BCUT2D eigenvalue weighted by Crippen LogP contribution is 2.24. The zero-order chi connectivity index (χ0) is 15.4. The summed E-state index contributed by atoms with van der Waals surface area (Å²) >= 11 is 1.43. The average molecular weight is 310 g/mol. The number of halogens is 1. The third-order valence-electron chi connectivity index (χ3n) is 2.71. The number of nitrogens with one attached hydrogen (secondary N) is 1. The van der Waals surface area contributed by atoms with Crippen LogP contribution in [0, 0.1) is 15.9 Å². The average Bonchev–Trinajstić information content (AvgIpc) is 2.94. The molecule has 1 amide bonds. The number of anilines is 1. The third kappa shape index (κ3) is 3.51. The number of nitrogens with zero attached hydrogens (tertiary/aromatic N) is 2. The van der Waals surface area contributed by atoms with Crippen molar-refractivity contribution in [2.45, 2.75) is 6.42 Å². The fraction of sp³-hybridized carbons (Fsp3) is 0.167. The summed E-state index contributed by atoms with van der Waals surface area (Å²) in [5, 5.41) is 15.2. The maximum atomic E-state index is 13.3. The number of amides is 1. The second-order valence-corrected chi connectivity index (χ2v) is 4.85. The molecule has 1 heterocycles. The van der Waals surface area contributed by atoms with E-state index in [9.17, 15) is 19.3 Å². The maximum absolute atomic E-state index is 13.3. The summed E-state index contributed by atoms with van der Waals surface area (Å²) in [7, 11) is 0. The van der Waals surface area contributed by atoms with Gasteiger partial charge in [-0.1, -0.05) is 0 Å². The van der Waals surface area contributed by atoms with Gasteiger partial charge in [0.25, 0.3) is 11.6 Å². The molecule has 1 aromatic heterocycles. The molecule has 7 nitrogen and oxygen atoms in total. The van der Waals surface area contributed by atoms with Gasteiger partial charge in [-0.3, -0.25) is 14.9 Å². The molecule has 0 unspecified atom stereocenters. The molecule has 110 valence electrons. The van der Waals surface area contributed by atoms with Crippen molar-refractivity contribution in [1.29, 1.82) is 0 Å². The topological polar surface area (TPSA) is 111 Å². The molecule has 0 saturated carbocycles. The summed E-state index contributed by atoms with van der Waals surface area (Å²) in [4.78, 5) is 26.0. The Morgan fingerprint density at radius 2 is 2.29 bits per heavy atom. The van der Waals surface area contributed by atoms with Gasteiger partial charge in [0.2, 0.25) is 0 Å². The van der Waals surface area contributed by atoms with E-state index in [1.54, 1.807) is 5.51 Å². The molecule has 0 aliphatic rings. The summed E-state index contributed by atoms with van der Waals surface area (Å²) in [6, 6.07) is 1.61. The van der Waals surface area contributed by atoms with Crippen LogP contribution >= 0.6 is 11.3 Å². The summed E-state index contributed by atoms with van der Waals surface area (Å²) in [5.74, 6) is -1.61. The first-order valence-electron chi connectivity index (χ1n) is 5.87. The van der Waals surface area contributed by atoms with Gasteiger partial charge < -0.3 is 11.1 Å². The van der Waals surface area contributed by atoms with E-state index in [2.05, 4.69) is 10.3 Å². The van der Waals surface area contributed by atoms with Crippen LogP contribution in [0.4, 0.5) is 15.8 Å². The number of hydrogen-bond donors (Lipinski definition) is 2. The Labute approximate surface area is 122 Å². The Balaban J connectivity index is 2.11. The number of hydrogen-bond acceptors (Lipinski definition) is 6. The van der Waals surface area contributed by atoms with Crippen LogP contribution in [0.1, 0.15) is 16.1 Å². The number of nitro groups is 1. The lowest BCUT2D eigenvalue weighted by atomic mass is 10.1. The van der Waals surface area contributed by atoms with Crippen LogP contribution in [0.2, 0.25) is 0 Å². The highest BCUT2D eigenvalue weighted by molar-refractivity contribution is 7.07. The molecule has 2 aromatic rings. The zero-order valence-electron chi connectivity index (χ0n) is 10.7. The van der Waals surface area contributed by atoms with Crippen LogP contribution in [0.3, 0.4) is 0 Å². The number of benzene rings is 1. The van der Waals surface area contributed by atoms with Gasteiger partial charge in [0.15, 0.2) is 5.82 Å². The Morgan fingerprint density at radius 3 is 2.90 bits per heavy atom. The highest BCUT2D eigenvalue weighted by atomic mass is 32.1. The number of rotatable bonds is 5. The van der Waals surface area contributed by atoms with Crippen molar-refractivity contribution in [3.8, 4) is 0 Å². The lowest BCUT2D eigenvalue weighted by Gasteiger charge is -2.06. The van der Waals surface area contributed by atoms with Gasteiger partial charge in [-0.05, 0) is 6.07 Å². The van der Waals surface area contributed by atoms with Crippen molar-refractivity contribution in [2.75, 3.05) is 12.3 Å². The van der Waals surface area contributed by atoms with Crippen molar-refractivity contribution in [2.24, 2.45) is 0 Å². The van der Waals surface area contributed by atoms with Gasteiger partial charge in [0.1, 0.15) is 5.56 Å². The molecule has 0 bridgehead atoms. The number of carbonyl (C=O) groups excluding carboxylic acids is 1. The summed E-state index contributed by atoms with van der Waals surface area (Å²) in [6.45, 7) is 0.261.